The van der Waals surface area contributed by atoms with Crippen LogP contribution in [-0.4, -0.2) is 115 Å². The Morgan fingerprint density at radius 1 is 0.854 bits per heavy atom. The molecule has 216 valence electrons. The van der Waals surface area contributed by atoms with Gasteiger partial charge in [0.05, 0.1) is 33.4 Å². The summed E-state index contributed by atoms with van der Waals surface area (Å²) >= 11 is 0. The zero-order chi connectivity index (χ0) is 33.0. The first-order valence-corrected chi connectivity index (χ1v) is 9.56. The van der Waals surface area contributed by atoms with Crippen molar-refractivity contribution in [2.24, 2.45) is 10.5 Å². The maximum absolute atomic E-state index is 10.8. The molecule has 0 aromatic heterocycles. The third kappa shape index (κ3) is 40.7. The van der Waals surface area contributed by atoms with Crippen LogP contribution >= 0.6 is 0 Å². The number of hydrogen-bond donors (Lipinski definition) is 2. The fraction of sp³-hybridized carbons (Fsp3) is 0.444. The van der Waals surface area contributed by atoms with Crippen LogP contribution < -0.4 is 34.9 Å². The van der Waals surface area contributed by atoms with E-state index in [-0.39, 0.29) is 36.0 Å². The van der Waals surface area contributed by atoms with Gasteiger partial charge in [-0.2, -0.15) is 0 Å². The van der Waals surface area contributed by atoms with Crippen molar-refractivity contribution in [3.8, 4) is 0 Å². The van der Waals surface area contributed by atoms with Gasteiger partial charge >= 0.3 is 59.4 Å². The van der Waals surface area contributed by atoms with E-state index in [4.69, 9.17) is 23.2 Å². The number of esters is 5. The summed E-state index contributed by atoms with van der Waals surface area (Å²) in [6.45, 7) is 3.53. The Hall–Kier alpha value is -3.91. The number of amides is 1. The minimum Gasteiger partial charge on any atom is -0.469 e. The first-order valence-electron chi connectivity index (χ1n) is 9.56. The van der Waals surface area contributed by atoms with Gasteiger partial charge < -0.3 is 54.0 Å². The normalized spacial score (nSPS) is 9.17. The van der Waals surface area contributed by atoms with Gasteiger partial charge in [-0.05, 0) is 0 Å². The summed E-state index contributed by atoms with van der Waals surface area (Å²) in [6, 6.07) is -1.40. The fourth-order valence-electron chi connectivity index (χ4n) is 1.27. The number of methoxy groups -OCH3 is 3. The molecule has 19 nitrogen and oxygen atoms in total. The van der Waals surface area contributed by atoms with Gasteiger partial charge in [0.1, 0.15) is 11.4 Å². The molecular formula is C18H23B3N3NaO16. The van der Waals surface area contributed by atoms with Crippen molar-refractivity contribution >= 4 is 82.1 Å². The van der Waals surface area contributed by atoms with Gasteiger partial charge in [-0.25, -0.2) is 9.59 Å². The molecular weight excluding hydrogens is 570 g/mol. The van der Waals surface area contributed by atoms with Crippen LogP contribution in [0.25, 0.3) is 0 Å². The molecule has 2 N–H and O–H groups in total. The summed E-state index contributed by atoms with van der Waals surface area (Å²) in [4.78, 5) is 99.9. The largest absolute Gasteiger partial charge is 1.00 e. The number of carbonyl (C=O) groups excluding carboxylic acids is 9. The fourth-order valence-corrected chi connectivity index (χ4v) is 1.27. The van der Waals surface area contributed by atoms with E-state index in [0.29, 0.717) is 0 Å². The van der Waals surface area contributed by atoms with Gasteiger partial charge in [-0.15, -0.1) is 5.34 Å². The Morgan fingerprint density at radius 3 is 1.39 bits per heavy atom. The predicted octanol–water partition coefficient (Wildman–Crippen LogP) is -6.36. The number of oxime groups is 1. The van der Waals surface area contributed by atoms with Crippen LogP contribution in [0.4, 0.5) is 0 Å². The summed E-state index contributed by atoms with van der Waals surface area (Å²) in [6.07, 6.45) is -0.337. The van der Waals surface area contributed by atoms with E-state index in [1.165, 1.54) is 27.9 Å². The van der Waals surface area contributed by atoms with Crippen LogP contribution in [0, 0.1) is 10.1 Å². The molecule has 0 spiro atoms. The molecule has 1 atom stereocenters. The number of nitrogens with zero attached hydrogens (tertiary/aromatic N) is 2. The zero-order valence-electron chi connectivity index (χ0n) is 23.0. The second kappa shape index (κ2) is 32.3. The van der Waals surface area contributed by atoms with E-state index >= 15 is 0 Å². The number of rotatable bonds is 7. The van der Waals surface area contributed by atoms with Crippen molar-refractivity contribution in [3.63, 3.8) is 0 Å². The Bertz CT molecular complexity index is 934. The first kappa shape index (κ1) is 50.0. The molecule has 1 unspecified atom stereocenters. The molecule has 6 radical (unpaired) electrons. The SMILES string of the molecule is CC(=O)OC(C)=O.O=N[O-].[B]C(=O)/C(=N/O)C(=O)OC.[B]C(=O)C(NC(C)=O)C(=O)OC.[B]C(=O)CC(=O)OC.[Na+]. The monoisotopic (exact) mass is 593 g/mol. The first-order chi connectivity index (χ1) is 18.3. The molecule has 0 aromatic rings. The molecule has 0 aliphatic carbocycles. The Morgan fingerprint density at radius 2 is 1.27 bits per heavy atom. The number of hydrogen-bond acceptors (Lipinski definition) is 18. The molecule has 41 heavy (non-hydrogen) atoms. The second-order valence-corrected chi connectivity index (χ2v) is 5.74. The van der Waals surface area contributed by atoms with Crippen molar-refractivity contribution < 1.29 is 96.9 Å². The van der Waals surface area contributed by atoms with E-state index < -0.39 is 64.6 Å². The maximum atomic E-state index is 10.8. The third-order valence-electron chi connectivity index (χ3n) is 2.61. The molecule has 1 amide bonds. The number of ether oxygens (including phenoxy) is 4. The van der Waals surface area contributed by atoms with Gasteiger partial charge in [0.2, 0.25) is 11.6 Å². The number of carbonyl (C=O) groups is 9. The van der Waals surface area contributed by atoms with E-state index in [1.807, 2.05) is 5.32 Å². The molecule has 0 saturated heterocycles. The summed E-state index contributed by atoms with van der Waals surface area (Å²) in [7, 11) is 17.4. The molecule has 0 bridgehead atoms. The smallest absolute Gasteiger partial charge is 0.469 e. The minimum absolute atomic E-state index is 0. The Labute approximate surface area is 258 Å². The second-order valence-electron chi connectivity index (χ2n) is 5.74. The van der Waals surface area contributed by atoms with Crippen molar-refractivity contribution in [3.05, 3.63) is 10.1 Å². The van der Waals surface area contributed by atoms with Crippen LogP contribution in [0.2, 0.25) is 0 Å². The van der Waals surface area contributed by atoms with Crippen LogP contribution in [0.1, 0.15) is 27.2 Å². The van der Waals surface area contributed by atoms with Gasteiger partial charge in [0.15, 0.2) is 29.6 Å². The third-order valence-corrected chi connectivity index (χ3v) is 2.61. The van der Waals surface area contributed by atoms with Crippen LogP contribution in [0.5, 0.6) is 0 Å². The summed E-state index contributed by atoms with van der Waals surface area (Å²) in [5.74, 6) is -4.19. The van der Waals surface area contributed by atoms with E-state index in [1.54, 1.807) is 0 Å². The topological polar surface area (TPSA) is 288 Å². The Kier molecular flexibility index (Phi) is 39.4. The van der Waals surface area contributed by atoms with Crippen molar-refractivity contribution in [2.45, 2.75) is 33.2 Å². The van der Waals surface area contributed by atoms with Gasteiger partial charge in [0.25, 0.3) is 0 Å². The van der Waals surface area contributed by atoms with Crippen molar-refractivity contribution in [2.75, 3.05) is 21.3 Å². The van der Waals surface area contributed by atoms with E-state index in [9.17, 15) is 43.2 Å². The maximum Gasteiger partial charge on any atom is 1.00 e. The summed E-state index contributed by atoms with van der Waals surface area (Å²) < 4.78 is 16.3. The van der Waals surface area contributed by atoms with Crippen LogP contribution in [0.15, 0.2) is 10.5 Å². The van der Waals surface area contributed by atoms with Crippen molar-refractivity contribution in [1.82, 2.24) is 5.32 Å². The molecule has 23 heteroatoms. The molecule has 0 fully saturated rings. The standard InChI is InChI=1S/C6H8BNO4.C4H4BNO4.C4H5BO3.C4H6O3.HNO2.Na/c1-3(9)8-4(5(7)10)6(11)12-2;1-10-4(8)2(6-9)3(5)7;1-8-4(7)2-3(5)6;1-3(5)7-4(2)6;2-1-3;/h4H,1-2H3,(H,8,9);9H,1H3;2H2,1H3;1-2H3;(H,2,3);/q;;;;;+1/p-1/b;6-2-;;;;. The molecule has 0 aliphatic heterocycles. The molecule has 0 aromatic carbocycles. The average Bonchev–Trinajstić information content (AvgIpc) is 2.82. The molecule has 0 heterocycles. The number of nitrogens with one attached hydrogen (secondary N) is 1. The summed E-state index contributed by atoms with van der Waals surface area (Å²) in [5.41, 5.74) is -3.56. The molecule has 0 saturated carbocycles. The predicted molar refractivity (Wildman–Crippen MR) is 131 cm³/mol. The molecule has 0 aliphatic rings. The van der Waals surface area contributed by atoms with Gasteiger partial charge in [0, 0.05) is 20.8 Å². The summed E-state index contributed by atoms with van der Waals surface area (Å²) in [5, 5.41) is 21.4. The quantitative estimate of drug-likeness (QED) is 0.0406. The van der Waals surface area contributed by atoms with Gasteiger partial charge in [-0.3, -0.25) is 19.2 Å². The zero-order valence-corrected chi connectivity index (χ0v) is 25.0. The Balaban J connectivity index is -0.0000000972. The van der Waals surface area contributed by atoms with Crippen molar-refractivity contribution in [1.29, 1.82) is 0 Å². The van der Waals surface area contributed by atoms with Gasteiger partial charge in [-0.1, -0.05) is 5.16 Å². The van der Waals surface area contributed by atoms with Crippen LogP contribution in [0.3, 0.4) is 0 Å². The minimum atomic E-state index is -1.40. The van der Waals surface area contributed by atoms with E-state index in [2.05, 4.69) is 39.8 Å². The van der Waals surface area contributed by atoms with Crippen LogP contribution in [-0.2, 0) is 62.1 Å². The average molecular weight is 593 g/mol. The molecule has 0 rings (SSSR count). The van der Waals surface area contributed by atoms with E-state index in [0.717, 1.165) is 19.6 Å².